The average Bonchev–Trinajstić information content (AvgIpc) is 2.72. The van der Waals surface area contributed by atoms with Crippen molar-refractivity contribution < 1.29 is 4.39 Å². The second-order valence-electron chi connectivity index (χ2n) is 5.23. The van der Waals surface area contributed by atoms with E-state index in [4.69, 9.17) is 5.73 Å². The lowest BCUT2D eigenvalue weighted by Crippen LogP contribution is -2.29. The Hall–Kier alpha value is -0.640. The Morgan fingerprint density at radius 3 is 2.78 bits per heavy atom. The quantitative estimate of drug-likeness (QED) is 0.917. The van der Waals surface area contributed by atoms with Crippen LogP contribution in [0.5, 0.6) is 0 Å². The predicted molar refractivity (Wildman–Crippen MR) is 75.4 cm³/mol. The van der Waals surface area contributed by atoms with Crippen molar-refractivity contribution in [3.63, 3.8) is 0 Å². The van der Waals surface area contributed by atoms with Crippen LogP contribution in [0.4, 0.5) is 4.39 Å². The van der Waals surface area contributed by atoms with E-state index in [0.717, 1.165) is 25.2 Å². The maximum Gasteiger partial charge on any atom is 0.126 e. The summed E-state index contributed by atoms with van der Waals surface area (Å²) in [7, 11) is 0. The predicted octanol–water partition coefficient (Wildman–Crippen LogP) is 2.73. The molecule has 1 saturated heterocycles. The SMILES string of the molecule is Cc1cc(CN2CCC(C(C)N)C2)ccc1F.Cl. The van der Waals surface area contributed by atoms with E-state index in [-0.39, 0.29) is 24.3 Å². The van der Waals surface area contributed by atoms with Crippen molar-refractivity contribution in [3.05, 3.63) is 35.1 Å². The molecule has 102 valence electrons. The van der Waals surface area contributed by atoms with Crippen LogP contribution in [0, 0.1) is 18.7 Å². The zero-order valence-electron chi connectivity index (χ0n) is 11.0. The first-order chi connectivity index (χ1) is 8.06. The van der Waals surface area contributed by atoms with Crippen LogP contribution in [0.2, 0.25) is 0 Å². The van der Waals surface area contributed by atoms with Gasteiger partial charge in [0.05, 0.1) is 0 Å². The summed E-state index contributed by atoms with van der Waals surface area (Å²) < 4.78 is 13.2. The fourth-order valence-corrected chi connectivity index (χ4v) is 2.50. The monoisotopic (exact) mass is 272 g/mol. The van der Waals surface area contributed by atoms with Crippen LogP contribution in [0.15, 0.2) is 18.2 Å². The molecule has 1 aromatic rings. The van der Waals surface area contributed by atoms with Crippen LogP contribution in [-0.2, 0) is 6.54 Å². The standard InChI is InChI=1S/C14H21FN2.ClH/c1-10-7-12(3-4-14(10)15)8-17-6-5-13(9-17)11(2)16;/h3-4,7,11,13H,5-6,8-9,16H2,1-2H3;1H. The van der Waals surface area contributed by atoms with Crippen molar-refractivity contribution in [2.24, 2.45) is 11.7 Å². The summed E-state index contributed by atoms with van der Waals surface area (Å²) >= 11 is 0. The molecule has 2 atom stereocenters. The number of aryl methyl sites for hydroxylation is 1. The molecule has 1 aliphatic heterocycles. The fourth-order valence-electron chi connectivity index (χ4n) is 2.50. The third kappa shape index (κ3) is 3.67. The number of nitrogens with zero attached hydrogens (tertiary/aromatic N) is 1. The number of likely N-dealkylation sites (tertiary alicyclic amines) is 1. The second kappa shape index (κ2) is 6.50. The van der Waals surface area contributed by atoms with Crippen molar-refractivity contribution in [1.29, 1.82) is 0 Å². The number of benzene rings is 1. The highest BCUT2D eigenvalue weighted by Gasteiger charge is 2.24. The van der Waals surface area contributed by atoms with Gasteiger partial charge < -0.3 is 5.73 Å². The first-order valence-electron chi connectivity index (χ1n) is 6.29. The molecule has 1 heterocycles. The van der Waals surface area contributed by atoms with E-state index in [1.807, 2.05) is 19.1 Å². The van der Waals surface area contributed by atoms with Crippen molar-refractivity contribution in [1.82, 2.24) is 4.90 Å². The molecular weight excluding hydrogens is 251 g/mol. The van der Waals surface area contributed by atoms with Crippen molar-refractivity contribution in [3.8, 4) is 0 Å². The molecule has 2 rings (SSSR count). The summed E-state index contributed by atoms with van der Waals surface area (Å²) in [6.07, 6.45) is 1.18. The minimum absolute atomic E-state index is 0. The molecule has 0 spiro atoms. The molecule has 18 heavy (non-hydrogen) atoms. The molecule has 2 nitrogen and oxygen atoms in total. The third-order valence-electron chi connectivity index (χ3n) is 3.68. The van der Waals surface area contributed by atoms with Crippen LogP contribution < -0.4 is 5.73 Å². The lowest BCUT2D eigenvalue weighted by molar-refractivity contribution is 0.308. The van der Waals surface area contributed by atoms with E-state index in [2.05, 4.69) is 11.8 Å². The number of nitrogens with two attached hydrogens (primary N) is 1. The number of halogens is 2. The number of rotatable bonds is 3. The molecule has 0 aliphatic carbocycles. The normalized spacial score (nSPS) is 21.7. The molecule has 0 bridgehead atoms. The number of hydrogen-bond donors (Lipinski definition) is 1. The molecule has 0 amide bonds. The van der Waals surface area contributed by atoms with Gasteiger partial charge in [-0.3, -0.25) is 4.90 Å². The second-order valence-corrected chi connectivity index (χ2v) is 5.23. The Balaban J connectivity index is 0.00000162. The van der Waals surface area contributed by atoms with E-state index >= 15 is 0 Å². The molecule has 1 aromatic carbocycles. The van der Waals surface area contributed by atoms with E-state index in [0.29, 0.717) is 5.92 Å². The van der Waals surface area contributed by atoms with E-state index in [9.17, 15) is 4.39 Å². The average molecular weight is 273 g/mol. The van der Waals surface area contributed by atoms with Gasteiger partial charge in [0, 0.05) is 19.1 Å². The Bertz CT molecular complexity index is 395. The van der Waals surface area contributed by atoms with E-state index < -0.39 is 0 Å². The smallest absolute Gasteiger partial charge is 0.126 e. The minimum atomic E-state index is -0.122. The Labute approximate surface area is 115 Å². The molecule has 0 saturated carbocycles. The molecule has 1 fully saturated rings. The van der Waals surface area contributed by atoms with Crippen LogP contribution >= 0.6 is 12.4 Å². The van der Waals surface area contributed by atoms with Gasteiger partial charge in [-0.05, 0) is 49.9 Å². The Morgan fingerprint density at radius 2 is 2.22 bits per heavy atom. The van der Waals surface area contributed by atoms with Crippen molar-refractivity contribution in [2.75, 3.05) is 13.1 Å². The van der Waals surface area contributed by atoms with Gasteiger partial charge >= 0.3 is 0 Å². The molecule has 0 aromatic heterocycles. The highest BCUT2D eigenvalue weighted by molar-refractivity contribution is 5.85. The molecule has 0 radical (unpaired) electrons. The van der Waals surface area contributed by atoms with Crippen LogP contribution in [0.25, 0.3) is 0 Å². The molecular formula is C14H22ClFN2. The maximum atomic E-state index is 13.2. The minimum Gasteiger partial charge on any atom is -0.328 e. The topological polar surface area (TPSA) is 29.3 Å². The Morgan fingerprint density at radius 1 is 1.50 bits per heavy atom. The van der Waals surface area contributed by atoms with E-state index in [1.165, 1.54) is 12.0 Å². The largest absolute Gasteiger partial charge is 0.328 e. The zero-order chi connectivity index (χ0) is 12.4. The summed E-state index contributed by atoms with van der Waals surface area (Å²) in [6, 6.07) is 5.65. The Kier molecular flexibility index (Phi) is 5.57. The first kappa shape index (κ1) is 15.4. The number of hydrogen-bond acceptors (Lipinski definition) is 2. The zero-order valence-corrected chi connectivity index (χ0v) is 11.8. The van der Waals surface area contributed by atoms with Gasteiger partial charge in [0.25, 0.3) is 0 Å². The van der Waals surface area contributed by atoms with Crippen LogP contribution in [0.1, 0.15) is 24.5 Å². The maximum absolute atomic E-state index is 13.2. The molecule has 2 unspecified atom stereocenters. The van der Waals surface area contributed by atoms with Crippen LogP contribution in [-0.4, -0.2) is 24.0 Å². The van der Waals surface area contributed by atoms with E-state index in [1.54, 1.807) is 6.07 Å². The highest BCUT2D eigenvalue weighted by atomic mass is 35.5. The van der Waals surface area contributed by atoms with Gasteiger partial charge in [-0.25, -0.2) is 4.39 Å². The van der Waals surface area contributed by atoms with Gasteiger partial charge in [0.15, 0.2) is 0 Å². The van der Waals surface area contributed by atoms with Gasteiger partial charge in [-0.2, -0.15) is 0 Å². The molecule has 2 N–H and O–H groups in total. The molecule has 1 aliphatic rings. The van der Waals surface area contributed by atoms with Gasteiger partial charge in [0.2, 0.25) is 0 Å². The summed E-state index contributed by atoms with van der Waals surface area (Å²) in [4.78, 5) is 2.40. The lowest BCUT2D eigenvalue weighted by atomic mass is 10.0. The summed E-state index contributed by atoms with van der Waals surface area (Å²) in [5.41, 5.74) is 7.84. The van der Waals surface area contributed by atoms with Crippen molar-refractivity contribution in [2.45, 2.75) is 32.9 Å². The van der Waals surface area contributed by atoms with Crippen molar-refractivity contribution >= 4 is 12.4 Å². The van der Waals surface area contributed by atoms with Gasteiger partial charge in [-0.15, -0.1) is 12.4 Å². The lowest BCUT2D eigenvalue weighted by Gasteiger charge is -2.18. The highest BCUT2D eigenvalue weighted by Crippen LogP contribution is 2.21. The summed E-state index contributed by atoms with van der Waals surface area (Å²) in [6.45, 7) is 6.96. The fraction of sp³-hybridized carbons (Fsp3) is 0.571. The van der Waals surface area contributed by atoms with Gasteiger partial charge in [-0.1, -0.05) is 12.1 Å². The summed E-state index contributed by atoms with van der Waals surface area (Å²) in [5.74, 6) is 0.486. The van der Waals surface area contributed by atoms with Gasteiger partial charge in [0.1, 0.15) is 5.82 Å². The van der Waals surface area contributed by atoms with Crippen LogP contribution in [0.3, 0.4) is 0 Å². The summed E-state index contributed by atoms with van der Waals surface area (Å²) in [5, 5.41) is 0. The first-order valence-corrected chi connectivity index (χ1v) is 6.29. The molecule has 4 heteroatoms. The third-order valence-corrected chi connectivity index (χ3v) is 3.68.